The molecular formula is C30H42FNO2. The second-order valence-corrected chi connectivity index (χ2v) is 10.1. The van der Waals surface area contributed by atoms with Crippen molar-refractivity contribution in [2.75, 3.05) is 0 Å². The van der Waals surface area contributed by atoms with E-state index in [1.807, 2.05) is 13.1 Å². The Bertz CT molecular complexity index is 870. The van der Waals surface area contributed by atoms with Gasteiger partial charge in [0, 0.05) is 11.8 Å². The number of hydrogen-bond acceptors (Lipinski definition) is 3. The van der Waals surface area contributed by atoms with Gasteiger partial charge in [0.1, 0.15) is 5.60 Å². The van der Waals surface area contributed by atoms with Crippen LogP contribution >= 0.6 is 0 Å². The molecule has 1 atom stereocenters. The summed E-state index contributed by atoms with van der Waals surface area (Å²) in [4.78, 5) is 17.1. The molecule has 1 heterocycles. The van der Waals surface area contributed by atoms with Crippen molar-refractivity contribution in [3.63, 3.8) is 0 Å². The molecule has 1 N–H and O–H groups in total. The van der Waals surface area contributed by atoms with Crippen LogP contribution in [0.2, 0.25) is 0 Å². The van der Waals surface area contributed by atoms with E-state index in [1.54, 1.807) is 0 Å². The number of rotatable bonds is 13. The molecule has 0 amide bonds. The molecule has 0 unspecified atom stereocenters. The van der Waals surface area contributed by atoms with Gasteiger partial charge in [-0.25, -0.2) is 4.39 Å². The molecule has 34 heavy (non-hydrogen) atoms. The lowest BCUT2D eigenvalue weighted by molar-refractivity contribution is -0.146. The Kier molecular flexibility index (Phi) is 10.2. The zero-order valence-electron chi connectivity index (χ0n) is 21.1. The number of aliphatic hydroxyl groups is 1. The molecular weight excluding hydrogens is 425 g/mol. The first kappa shape index (κ1) is 26.5. The summed E-state index contributed by atoms with van der Waals surface area (Å²) >= 11 is 0. The van der Waals surface area contributed by atoms with Crippen LogP contribution in [0.5, 0.6) is 0 Å². The van der Waals surface area contributed by atoms with Crippen LogP contribution < -0.4 is 0 Å². The van der Waals surface area contributed by atoms with Gasteiger partial charge in [-0.2, -0.15) is 0 Å². The minimum atomic E-state index is -1.54. The van der Waals surface area contributed by atoms with Gasteiger partial charge in [-0.15, -0.1) is 0 Å². The van der Waals surface area contributed by atoms with Gasteiger partial charge < -0.3 is 5.11 Å². The fraction of sp³-hybridized carbons (Fsp3) is 0.600. The first-order chi connectivity index (χ1) is 16.5. The van der Waals surface area contributed by atoms with Crippen LogP contribution in [0.25, 0.3) is 11.3 Å². The minimum absolute atomic E-state index is 0.219. The number of halogens is 1. The van der Waals surface area contributed by atoms with Crippen LogP contribution in [-0.2, 0) is 11.2 Å². The van der Waals surface area contributed by atoms with Crippen molar-refractivity contribution >= 4 is 5.78 Å². The molecule has 3 nitrogen and oxygen atoms in total. The maximum Gasteiger partial charge on any atom is 0.198 e. The molecule has 4 heteroatoms. The topological polar surface area (TPSA) is 50.2 Å². The first-order valence-electron chi connectivity index (χ1n) is 13.4. The minimum Gasteiger partial charge on any atom is -0.382 e. The summed E-state index contributed by atoms with van der Waals surface area (Å²) in [7, 11) is 0. The highest BCUT2D eigenvalue weighted by molar-refractivity contribution is 5.91. The van der Waals surface area contributed by atoms with E-state index >= 15 is 0 Å². The highest BCUT2D eigenvalue weighted by Crippen LogP contribution is 2.40. The smallest absolute Gasteiger partial charge is 0.198 e. The first-order valence-corrected chi connectivity index (χ1v) is 13.4. The van der Waals surface area contributed by atoms with Crippen molar-refractivity contribution < 1.29 is 14.3 Å². The zero-order chi connectivity index (χ0) is 24.4. The summed E-state index contributed by atoms with van der Waals surface area (Å²) in [6.45, 7) is 4.22. The Balaban J connectivity index is 1.52. The predicted octanol–water partition coefficient (Wildman–Crippen LogP) is 7.75. The van der Waals surface area contributed by atoms with Gasteiger partial charge in [0.2, 0.25) is 0 Å². The van der Waals surface area contributed by atoms with Gasteiger partial charge in [0.15, 0.2) is 12.0 Å². The van der Waals surface area contributed by atoms with Crippen molar-refractivity contribution in [3.8, 4) is 11.3 Å². The van der Waals surface area contributed by atoms with Crippen LogP contribution in [0.15, 0.2) is 42.6 Å². The number of benzene rings is 1. The lowest BCUT2D eigenvalue weighted by atomic mass is 9.73. The standard InChI is InChI=1S/C30H42FNO2/c1-3-5-7-8-9-10-23-12-17-28(32-22-23)26-15-13-24(14-16-26)25-18-20-30(34,21-19-25)29(33)27(31)11-6-4-2/h12-17,22,25,27,34H,3-11,18-21H2,1-2H3/t25?,27-,30?/m0/s1. The lowest BCUT2D eigenvalue weighted by Crippen LogP contribution is -2.46. The number of hydrogen-bond donors (Lipinski definition) is 1. The number of carbonyl (C=O) groups excluding carboxylic acids is 1. The van der Waals surface area contributed by atoms with E-state index in [-0.39, 0.29) is 6.42 Å². The molecule has 3 rings (SSSR count). The number of nitrogens with zero attached hydrogens (tertiary/aromatic N) is 1. The number of pyridine rings is 1. The van der Waals surface area contributed by atoms with Crippen LogP contribution in [-0.4, -0.2) is 27.6 Å². The third-order valence-corrected chi connectivity index (χ3v) is 7.44. The number of aromatic nitrogens is 1. The van der Waals surface area contributed by atoms with Crippen LogP contribution in [0.1, 0.15) is 108 Å². The number of Topliss-reactive ketones (excluding diaryl/α,β-unsaturated/α-hetero) is 1. The van der Waals surface area contributed by atoms with Crippen LogP contribution in [0.3, 0.4) is 0 Å². The van der Waals surface area contributed by atoms with Gasteiger partial charge in [-0.05, 0) is 68.1 Å². The highest BCUT2D eigenvalue weighted by atomic mass is 19.1. The van der Waals surface area contributed by atoms with Crippen molar-refractivity contribution in [3.05, 3.63) is 53.7 Å². The van der Waals surface area contributed by atoms with Crippen molar-refractivity contribution in [2.24, 2.45) is 0 Å². The quantitative estimate of drug-likeness (QED) is 0.306. The molecule has 0 bridgehead atoms. The SMILES string of the molecule is CCCCCCCc1ccc(-c2ccc(C3CCC(O)(C(=O)[C@@H](F)CCCC)CC3)cc2)nc1. The average molecular weight is 468 g/mol. The van der Waals surface area contributed by atoms with Gasteiger partial charge in [0.05, 0.1) is 5.69 Å². The van der Waals surface area contributed by atoms with E-state index in [0.717, 1.165) is 24.1 Å². The zero-order valence-corrected chi connectivity index (χ0v) is 21.1. The van der Waals surface area contributed by atoms with Crippen LogP contribution in [0, 0.1) is 0 Å². The van der Waals surface area contributed by atoms with Gasteiger partial charge in [-0.3, -0.25) is 9.78 Å². The molecule has 0 radical (unpaired) electrons. The summed E-state index contributed by atoms with van der Waals surface area (Å²) in [6.07, 6.45) is 11.8. The molecule has 186 valence electrons. The summed E-state index contributed by atoms with van der Waals surface area (Å²) in [5.74, 6) is -0.316. The normalized spacial score (nSPS) is 21.4. The molecule has 1 fully saturated rings. The Labute approximate surface area is 205 Å². The monoisotopic (exact) mass is 467 g/mol. The van der Waals surface area contributed by atoms with Gasteiger partial charge in [-0.1, -0.05) is 82.7 Å². The van der Waals surface area contributed by atoms with Crippen molar-refractivity contribution in [1.82, 2.24) is 4.98 Å². The average Bonchev–Trinajstić information content (AvgIpc) is 2.87. The molecule has 1 aromatic heterocycles. The highest BCUT2D eigenvalue weighted by Gasteiger charge is 2.43. The fourth-order valence-corrected chi connectivity index (χ4v) is 5.08. The second-order valence-electron chi connectivity index (χ2n) is 10.1. The number of alkyl halides is 1. The third kappa shape index (κ3) is 7.21. The lowest BCUT2D eigenvalue weighted by Gasteiger charge is -2.35. The molecule has 2 aromatic rings. The maximum atomic E-state index is 14.3. The summed E-state index contributed by atoms with van der Waals surface area (Å²) in [5.41, 5.74) is 3.09. The largest absolute Gasteiger partial charge is 0.382 e. The summed E-state index contributed by atoms with van der Waals surface area (Å²) < 4.78 is 14.3. The number of carbonyl (C=O) groups is 1. The van der Waals surface area contributed by atoms with Crippen LogP contribution in [0.4, 0.5) is 4.39 Å². The molecule has 1 saturated carbocycles. The molecule has 0 saturated heterocycles. The molecule has 1 aromatic carbocycles. The van der Waals surface area contributed by atoms with E-state index in [1.165, 1.54) is 43.2 Å². The fourth-order valence-electron chi connectivity index (χ4n) is 5.08. The van der Waals surface area contributed by atoms with E-state index in [2.05, 4.69) is 48.3 Å². The Morgan fingerprint density at radius 2 is 1.68 bits per heavy atom. The Morgan fingerprint density at radius 3 is 2.29 bits per heavy atom. The van der Waals surface area contributed by atoms with Gasteiger partial charge in [0.25, 0.3) is 0 Å². The maximum absolute atomic E-state index is 14.3. The summed E-state index contributed by atoms with van der Waals surface area (Å²) in [5, 5.41) is 10.8. The van der Waals surface area contributed by atoms with E-state index in [9.17, 15) is 14.3 Å². The van der Waals surface area contributed by atoms with Crippen molar-refractivity contribution in [1.29, 1.82) is 0 Å². The number of aryl methyl sites for hydroxylation is 1. The molecule has 1 aliphatic carbocycles. The third-order valence-electron chi connectivity index (χ3n) is 7.44. The van der Waals surface area contributed by atoms with E-state index in [4.69, 9.17) is 0 Å². The number of ketones is 1. The predicted molar refractivity (Wildman–Crippen MR) is 138 cm³/mol. The van der Waals surface area contributed by atoms with E-state index < -0.39 is 17.6 Å². The summed E-state index contributed by atoms with van der Waals surface area (Å²) in [6, 6.07) is 12.8. The number of unbranched alkanes of at least 4 members (excludes halogenated alkanes) is 5. The second kappa shape index (κ2) is 13.1. The Hall–Kier alpha value is -2.07. The van der Waals surface area contributed by atoms with E-state index in [0.29, 0.717) is 38.0 Å². The molecule has 1 aliphatic rings. The molecule has 0 aliphatic heterocycles. The Morgan fingerprint density at radius 1 is 1.00 bits per heavy atom. The molecule has 0 spiro atoms. The van der Waals surface area contributed by atoms with Crippen molar-refractivity contribution in [2.45, 2.75) is 115 Å². The van der Waals surface area contributed by atoms with Gasteiger partial charge >= 0.3 is 0 Å².